The summed E-state index contributed by atoms with van der Waals surface area (Å²) in [6.07, 6.45) is 4.27. The number of thiazole rings is 1. The van der Waals surface area contributed by atoms with Gasteiger partial charge in [-0.05, 0) is 36.6 Å². The Morgan fingerprint density at radius 2 is 1.93 bits per heavy atom. The molecular formula is C22H22N4OS. The van der Waals surface area contributed by atoms with E-state index in [4.69, 9.17) is 4.98 Å². The van der Waals surface area contributed by atoms with Crippen LogP contribution in [0.15, 0.2) is 54.7 Å². The fourth-order valence-electron chi connectivity index (χ4n) is 3.94. The SMILES string of the molecule is O=C(Cc1c[nH]c2ccccc12)NC1CCN(c2nc3ccccc3s2)CC1. The molecule has 5 rings (SSSR count). The molecule has 1 aliphatic rings. The van der Waals surface area contributed by atoms with Crippen LogP contribution in [-0.2, 0) is 11.2 Å². The molecule has 2 N–H and O–H groups in total. The van der Waals surface area contributed by atoms with Crippen LogP contribution in [0.1, 0.15) is 18.4 Å². The Bertz CT molecular complexity index is 1090. The van der Waals surface area contributed by atoms with Gasteiger partial charge in [0.15, 0.2) is 5.13 Å². The molecule has 1 saturated heterocycles. The van der Waals surface area contributed by atoms with Crippen molar-refractivity contribution in [1.82, 2.24) is 15.3 Å². The molecule has 0 spiro atoms. The minimum atomic E-state index is 0.100. The van der Waals surface area contributed by atoms with Crippen molar-refractivity contribution in [3.63, 3.8) is 0 Å². The zero-order valence-corrected chi connectivity index (χ0v) is 16.3. The normalized spacial score (nSPS) is 15.4. The van der Waals surface area contributed by atoms with Crippen LogP contribution in [0.25, 0.3) is 21.1 Å². The molecule has 1 aliphatic heterocycles. The van der Waals surface area contributed by atoms with E-state index in [0.717, 1.165) is 53.0 Å². The topological polar surface area (TPSA) is 61.0 Å². The maximum absolute atomic E-state index is 12.5. The number of nitrogens with one attached hydrogen (secondary N) is 2. The summed E-state index contributed by atoms with van der Waals surface area (Å²) in [5.74, 6) is 0.100. The minimum absolute atomic E-state index is 0.100. The molecule has 1 fully saturated rings. The number of para-hydroxylation sites is 2. The first-order chi connectivity index (χ1) is 13.8. The lowest BCUT2D eigenvalue weighted by Crippen LogP contribution is -2.45. The van der Waals surface area contributed by atoms with E-state index in [1.165, 1.54) is 4.70 Å². The molecule has 1 amide bonds. The van der Waals surface area contributed by atoms with Gasteiger partial charge in [0.1, 0.15) is 0 Å². The quantitative estimate of drug-likeness (QED) is 0.551. The predicted octanol–water partition coefficient (Wildman–Crippen LogP) is 4.11. The van der Waals surface area contributed by atoms with Crippen LogP contribution in [0.2, 0.25) is 0 Å². The molecule has 28 heavy (non-hydrogen) atoms. The van der Waals surface area contributed by atoms with Crippen LogP contribution in [0.3, 0.4) is 0 Å². The number of aromatic nitrogens is 2. The van der Waals surface area contributed by atoms with Crippen molar-refractivity contribution in [3.05, 3.63) is 60.3 Å². The Balaban J connectivity index is 1.18. The first kappa shape index (κ1) is 17.3. The highest BCUT2D eigenvalue weighted by atomic mass is 32.1. The molecule has 3 heterocycles. The molecule has 0 radical (unpaired) electrons. The second-order valence-electron chi connectivity index (χ2n) is 7.33. The van der Waals surface area contributed by atoms with Gasteiger partial charge in [0.25, 0.3) is 0 Å². The van der Waals surface area contributed by atoms with Gasteiger partial charge in [-0.1, -0.05) is 41.7 Å². The maximum atomic E-state index is 12.5. The summed E-state index contributed by atoms with van der Waals surface area (Å²) in [7, 11) is 0. The Morgan fingerprint density at radius 3 is 2.79 bits per heavy atom. The maximum Gasteiger partial charge on any atom is 0.224 e. The second kappa shape index (κ2) is 7.28. The number of piperidine rings is 1. The van der Waals surface area contributed by atoms with Crippen molar-refractivity contribution >= 4 is 43.5 Å². The van der Waals surface area contributed by atoms with Crippen molar-refractivity contribution in [1.29, 1.82) is 0 Å². The molecular weight excluding hydrogens is 368 g/mol. The highest BCUT2D eigenvalue weighted by Crippen LogP contribution is 2.30. The smallest absolute Gasteiger partial charge is 0.224 e. The van der Waals surface area contributed by atoms with E-state index in [0.29, 0.717) is 6.42 Å². The van der Waals surface area contributed by atoms with E-state index in [2.05, 4.69) is 39.5 Å². The standard InChI is InChI=1S/C22H22N4OS/c27-21(13-15-14-23-18-6-2-1-5-17(15)18)24-16-9-11-26(12-10-16)22-25-19-7-3-4-8-20(19)28-22/h1-8,14,16,23H,9-13H2,(H,24,27). The number of hydrogen-bond donors (Lipinski definition) is 2. The van der Waals surface area contributed by atoms with Gasteiger partial charge in [-0.3, -0.25) is 4.79 Å². The van der Waals surface area contributed by atoms with Gasteiger partial charge in [-0.15, -0.1) is 0 Å². The number of H-pyrrole nitrogens is 1. The predicted molar refractivity (Wildman–Crippen MR) is 115 cm³/mol. The van der Waals surface area contributed by atoms with E-state index in [1.54, 1.807) is 11.3 Å². The number of nitrogens with zero attached hydrogens (tertiary/aromatic N) is 2. The molecule has 6 heteroatoms. The third-order valence-electron chi connectivity index (χ3n) is 5.44. The monoisotopic (exact) mass is 390 g/mol. The molecule has 0 unspecified atom stereocenters. The van der Waals surface area contributed by atoms with Crippen molar-refractivity contribution < 1.29 is 4.79 Å². The van der Waals surface area contributed by atoms with E-state index < -0.39 is 0 Å². The molecule has 0 saturated carbocycles. The summed E-state index contributed by atoms with van der Waals surface area (Å²) in [4.78, 5) is 22.9. The van der Waals surface area contributed by atoms with E-state index >= 15 is 0 Å². The van der Waals surface area contributed by atoms with Crippen LogP contribution in [0.5, 0.6) is 0 Å². The number of fused-ring (bicyclic) bond motifs is 2. The summed E-state index contributed by atoms with van der Waals surface area (Å²) in [6, 6.07) is 16.6. The van der Waals surface area contributed by atoms with Crippen LogP contribution >= 0.6 is 11.3 Å². The van der Waals surface area contributed by atoms with Crippen LogP contribution in [0.4, 0.5) is 5.13 Å². The van der Waals surface area contributed by atoms with Gasteiger partial charge >= 0.3 is 0 Å². The lowest BCUT2D eigenvalue weighted by molar-refractivity contribution is -0.121. The van der Waals surface area contributed by atoms with Gasteiger partial charge < -0.3 is 15.2 Å². The molecule has 0 aliphatic carbocycles. The Hall–Kier alpha value is -2.86. The molecule has 2 aromatic carbocycles. The number of benzene rings is 2. The average Bonchev–Trinajstić information content (AvgIpc) is 3.33. The van der Waals surface area contributed by atoms with Gasteiger partial charge in [0.05, 0.1) is 16.6 Å². The molecule has 0 bridgehead atoms. The summed E-state index contributed by atoms with van der Waals surface area (Å²) in [6.45, 7) is 1.86. The fourth-order valence-corrected chi connectivity index (χ4v) is 4.96. The van der Waals surface area contributed by atoms with Crippen molar-refractivity contribution in [2.24, 2.45) is 0 Å². The molecule has 142 valence electrons. The number of carbonyl (C=O) groups is 1. The number of amides is 1. The van der Waals surface area contributed by atoms with Gasteiger partial charge in [-0.25, -0.2) is 4.98 Å². The number of anilines is 1. The molecule has 4 aromatic rings. The van der Waals surface area contributed by atoms with Crippen molar-refractivity contribution in [2.45, 2.75) is 25.3 Å². The van der Waals surface area contributed by atoms with Crippen LogP contribution < -0.4 is 10.2 Å². The molecule has 0 atom stereocenters. The van der Waals surface area contributed by atoms with Crippen molar-refractivity contribution in [3.8, 4) is 0 Å². The van der Waals surface area contributed by atoms with Crippen LogP contribution in [-0.4, -0.2) is 35.0 Å². The Kier molecular flexibility index (Phi) is 4.49. The molecule has 5 nitrogen and oxygen atoms in total. The summed E-state index contributed by atoms with van der Waals surface area (Å²) in [5, 5.41) is 5.44. The average molecular weight is 391 g/mol. The van der Waals surface area contributed by atoms with Crippen molar-refractivity contribution in [2.75, 3.05) is 18.0 Å². The Labute approximate surface area is 167 Å². The lowest BCUT2D eigenvalue weighted by Gasteiger charge is -2.32. The minimum Gasteiger partial charge on any atom is -0.361 e. The highest BCUT2D eigenvalue weighted by molar-refractivity contribution is 7.22. The lowest BCUT2D eigenvalue weighted by atomic mass is 10.0. The largest absolute Gasteiger partial charge is 0.361 e. The summed E-state index contributed by atoms with van der Waals surface area (Å²) >= 11 is 1.75. The first-order valence-electron chi connectivity index (χ1n) is 9.71. The molecule has 2 aromatic heterocycles. The van der Waals surface area contributed by atoms with E-state index in [-0.39, 0.29) is 11.9 Å². The van der Waals surface area contributed by atoms with Gasteiger partial charge in [0, 0.05) is 36.2 Å². The third-order valence-corrected chi connectivity index (χ3v) is 6.54. The summed E-state index contributed by atoms with van der Waals surface area (Å²) in [5.41, 5.74) is 3.20. The Morgan fingerprint density at radius 1 is 1.14 bits per heavy atom. The number of rotatable bonds is 4. The highest BCUT2D eigenvalue weighted by Gasteiger charge is 2.23. The number of hydrogen-bond acceptors (Lipinski definition) is 4. The first-order valence-corrected chi connectivity index (χ1v) is 10.5. The van der Waals surface area contributed by atoms with E-state index in [9.17, 15) is 4.79 Å². The number of aromatic amines is 1. The third kappa shape index (κ3) is 3.36. The summed E-state index contributed by atoms with van der Waals surface area (Å²) < 4.78 is 1.23. The van der Waals surface area contributed by atoms with E-state index in [1.807, 2.05) is 30.5 Å². The zero-order chi connectivity index (χ0) is 18.9. The number of carbonyl (C=O) groups excluding carboxylic acids is 1. The van der Waals surface area contributed by atoms with Gasteiger partial charge in [0.2, 0.25) is 5.91 Å². The van der Waals surface area contributed by atoms with Crippen LogP contribution in [0, 0.1) is 0 Å². The second-order valence-corrected chi connectivity index (χ2v) is 8.34. The zero-order valence-electron chi connectivity index (χ0n) is 15.5. The van der Waals surface area contributed by atoms with Gasteiger partial charge in [-0.2, -0.15) is 0 Å². The fraction of sp³-hybridized carbons (Fsp3) is 0.273.